The minimum absolute atomic E-state index is 0.301. The van der Waals surface area contributed by atoms with E-state index in [1.165, 1.54) is 18.4 Å². The van der Waals surface area contributed by atoms with Gasteiger partial charge < -0.3 is 9.31 Å². The normalized spacial score (nSPS) is 24.8. The largest absolute Gasteiger partial charge is 0.496 e. The summed E-state index contributed by atoms with van der Waals surface area (Å²) in [7, 11) is -0.317. The molecule has 0 aromatic carbocycles. The molecule has 0 unspecified atom stereocenters. The molecule has 1 saturated carbocycles. The van der Waals surface area contributed by atoms with E-state index in [-0.39, 0.29) is 18.3 Å². The zero-order valence-corrected chi connectivity index (χ0v) is 13.5. The number of hydrogen-bond acceptors (Lipinski definition) is 3. The minimum Gasteiger partial charge on any atom is -0.399 e. The molecule has 0 radical (unpaired) electrons. The molecule has 3 rings (SSSR count). The Morgan fingerprint density at radius 2 is 1.79 bits per heavy atom. The molecule has 2 heterocycles. The van der Waals surface area contributed by atoms with Crippen LogP contribution in [-0.2, 0) is 9.31 Å². The fourth-order valence-corrected chi connectivity index (χ4v) is 2.81. The smallest absolute Gasteiger partial charge is 0.399 e. The van der Waals surface area contributed by atoms with Crippen molar-refractivity contribution in [1.82, 2.24) is 4.98 Å². The first-order valence-electron chi connectivity index (χ1n) is 6.81. The molecule has 3 nitrogen and oxygen atoms in total. The second-order valence-electron chi connectivity index (χ2n) is 6.51. The lowest BCUT2D eigenvalue weighted by atomic mass is 9.79. The SMILES string of the molecule is CC1(C)OB(c2cnc(Br)c(C3CC3)c2)OC1(C)C. The molecule has 5 heteroatoms. The van der Waals surface area contributed by atoms with Crippen molar-refractivity contribution in [1.29, 1.82) is 0 Å². The van der Waals surface area contributed by atoms with Gasteiger partial charge in [0.15, 0.2) is 0 Å². The van der Waals surface area contributed by atoms with E-state index in [2.05, 4.69) is 54.7 Å². The average Bonchev–Trinajstić information content (AvgIpc) is 3.08. The highest BCUT2D eigenvalue weighted by Gasteiger charge is 2.52. The Kier molecular flexibility index (Phi) is 3.08. The molecule has 2 aliphatic rings. The molecule has 102 valence electrons. The third-order valence-electron chi connectivity index (χ3n) is 4.43. The zero-order chi connectivity index (χ0) is 13.8. The van der Waals surface area contributed by atoms with Crippen LogP contribution in [0.4, 0.5) is 0 Å². The number of pyridine rings is 1. The molecule has 0 amide bonds. The van der Waals surface area contributed by atoms with Crippen molar-refractivity contribution in [2.24, 2.45) is 0 Å². The molecule has 19 heavy (non-hydrogen) atoms. The van der Waals surface area contributed by atoms with E-state index in [1.807, 2.05) is 6.20 Å². The average molecular weight is 324 g/mol. The minimum atomic E-state index is -0.317. The molecule has 1 saturated heterocycles. The standard InChI is InChI=1S/C14H19BBrNO2/c1-13(2)14(3,4)19-15(18-13)10-7-11(9-5-6-9)12(16)17-8-10/h7-9H,5-6H2,1-4H3. The van der Waals surface area contributed by atoms with Crippen LogP contribution in [0.5, 0.6) is 0 Å². The predicted molar refractivity (Wildman–Crippen MR) is 79.6 cm³/mol. The van der Waals surface area contributed by atoms with Crippen LogP contribution in [0.1, 0.15) is 52.0 Å². The highest BCUT2D eigenvalue weighted by molar-refractivity contribution is 9.10. The molecule has 0 bridgehead atoms. The van der Waals surface area contributed by atoms with Crippen LogP contribution >= 0.6 is 15.9 Å². The van der Waals surface area contributed by atoms with Gasteiger partial charge in [-0.15, -0.1) is 0 Å². The van der Waals surface area contributed by atoms with Gasteiger partial charge in [0.05, 0.1) is 11.2 Å². The molecular weight excluding hydrogens is 305 g/mol. The van der Waals surface area contributed by atoms with Gasteiger partial charge in [-0.05, 0) is 67.9 Å². The maximum Gasteiger partial charge on any atom is 0.496 e. The maximum absolute atomic E-state index is 6.07. The third-order valence-corrected chi connectivity index (χ3v) is 5.09. The van der Waals surface area contributed by atoms with Gasteiger partial charge in [-0.25, -0.2) is 4.98 Å². The van der Waals surface area contributed by atoms with E-state index in [1.54, 1.807) is 0 Å². The van der Waals surface area contributed by atoms with Gasteiger partial charge >= 0.3 is 7.12 Å². The molecule has 1 aliphatic heterocycles. The first-order valence-corrected chi connectivity index (χ1v) is 7.60. The van der Waals surface area contributed by atoms with Crippen LogP contribution in [0.2, 0.25) is 0 Å². The van der Waals surface area contributed by atoms with E-state index in [0.717, 1.165) is 10.1 Å². The maximum atomic E-state index is 6.07. The number of aromatic nitrogens is 1. The zero-order valence-electron chi connectivity index (χ0n) is 11.9. The Morgan fingerprint density at radius 3 is 2.32 bits per heavy atom. The Hall–Kier alpha value is -0.385. The molecule has 2 fully saturated rings. The van der Waals surface area contributed by atoms with Crippen molar-refractivity contribution in [3.05, 3.63) is 22.4 Å². The fraction of sp³-hybridized carbons (Fsp3) is 0.643. The molecule has 1 aromatic heterocycles. The van der Waals surface area contributed by atoms with Gasteiger partial charge in [0.1, 0.15) is 4.60 Å². The molecule has 0 atom stereocenters. The van der Waals surface area contributed by atoms with Gasteiger partial charge in [0.25, 0.3) is 0 Å². The van der Waals surface area contributed by atoms with Crippen LogP contribution in [0, 0.1) is 0 Å². The lowest BCUT2D eigenvalue weighted by molar-refractivity contribution is 0.00578. The van der Waals surface area contributed by atoms with E-state index >= 15 is 0 Å². The summed E-state index contributed by atoms with van der Waals surface area (Å²) in [6.07, 6.45) is 4.36. The van der Waals surface area contributed by atoms with E-state index in [9.17, 15) is 0 Å². The second kappa shape index (κ2) is 4.30. The summed E-state index contributed by atoms with van der Waals surface area (Å²) < 4.78 is 13.1. The molecule has 0 spiro atoms. The van der Waals surface area contributed by atoms with Crippen molar-refractivity contribution < 1.29 is 9.31 Å². The Morgan fingerprint density at radius 1 is 1.21 bits per heavy atom. The lowest BCUT2D eigenvalue weighted by Crippen LogP contribution is -2.41. The molecule has 0 N–H and O–H groups in total. The van der Waals surface area contributed by atoms with Gasteiger partial charge in [-0.3, -0.25) is 0 Å². The van der Waals surface area contributed by atoms with Crippen molar-refractivity contribution in [3.8, 4) is 0 Å². The monoisotopic (exact) mass is 323 g/mol. The summed E-state index contributed by atoms with van der Waals surface area (Å²) in [5.41, 5.74) is 1.70. The van der Waals surface area contributed by atoms with Gasteiger partial charge in [-0.2, -0.15) is 0 Å². The first kappa shape index (κ1) is 13.6. The summed E-state index contributed by atoms with van der Waals surface area (Å²) in [4.78, 5) is 4.44. The number of hydrogen-bond donors (Lipinski definition) is 0. The van der Waals surface area contributed by atoms with Gasteiger partial charge in [-0.1, -0.05) is 6.07 Å². The summed E-state index contributed by atoms with van der Waals surface area (Å²) >= 11 is 3.53. The lowest BCUT2D eigenvalue weighted by Gasteiger charge is -2.32. The van der Waals surface area contributed by atoms with Crippen LogP contribution in [-0.4, -0.2) is 23.3 Å². The van der Waals surface area contributed by atoms with Gasteiger partial charge in [0.2, 0.25) is 0 Å². The highest BCUT2D eigenvalue weighted by Crippen LogP contribution is 2.42. The number of nitrogens with zero attached hydrogens (tertiary/aromatic N) is 1. The summed E-state index contributed by atoms with van der Waals surface area (Å²) in [6.45, 7) is 8.28. The molecule has 1 aliphatic carbocycles. The van der Waals surface area contributed by atoms with E-state index in [0.29, 0.717) is 5.92 Å². The van der Waals surface area contributed by atoms with Crippen LogP contribution in [0.25, 0.3) is 0 Å². The summed E-state index contributed by atoms with van der Waals surface area (Å²) in [6, 6.07) is 2.18. The highest BCUT2D eigenvalue weighted by atomic mass is 79.9. The van der Waals surface area contributed by atoms with Crippen molar-refractivity contribution in [3.63, 3.8) is 0 Å². The first-order chi connectivity index (χ1) is 8.80. The number of halogens is 1. The predicted octanol–water partition coefficient (Wildman–Crippen LogP) is 3.02. The Balaban J connectivity index is 1.90. The quantitative estimate of drug-likeness (QED) is 0.619. The third kappa shape index (κ3) is 2.37. The van der Waals surface area contributed by atoms with E-state index < -0.39 is 0 Å². The van der Waals surface area contributed by atoms with Crippen LogP contribution < -0.4 is 5.46 Å². The van der Waals surface area contributed by atoms with Crippen LogP contribution in [0.15, 0.2) is 16.9 Å². The summed E-state index contributed by atoms with van der Waals surface area (Å²) in [5, 5.41) is 0. The van der Waals surface area contributed by atoms with Crippen molar-refractivity contribution in [2.75, 3.05) is 0 Å². The Bertz CT molecular complexity index is 498. The Labute approximate surface area is 123 Å². The summed E-state index contributed by atoms with van der Waals surface area (Å²) in [5.74, 6) is 0.657. The number of rotatable bonds is 2. The van der Waals surface area contributed by atoms with Gasteiger partial charge in [0, 0.05) is 11.7 Å². The topological polar surface area (TPSA) is 31.4 Å². The molecular formula is C14H19BBrNO2. The fourth-order valence-electron chi connectivity index (χ4n) is 2.27. The molecule has 1 aromatic rings. The second-order valence-corrected chi connectivity index (χ2v) is 7.26. The van der Waals surface area contributed by atoms with Crippen molar-refractivity contribution >= 4 is 28.5 Å². The van der Waals surface area contributed by atoms with Crippen molar-refractivity contribution in [2.45, 2.75) is 57.7 Å². The van der Waals surface area contributed by atoms with Crippen LogP contribution in [0.3, 0.4) is 0 Å². The van der Waals surface area contributed by atoms with E-state index in [4.69, 9.17) is 9.31 Å².